The molecule has 4 nitrogen and oxygen atoms in total. The van der Waals surface area contributed by atoms with Crippen LogP contribution >= 0.6 is 0 Å². The fourth-order valence-corrected chi connectivity index (χ4v) is 2.00. The highest BCUT2D eigenvalue weighted by atomic mass is 16.1. The molecule has 0 saturated heterocycles. The predicted octanol–water partition coefficient (Wildman–Crippen LogP) is 2.60. The smallest absolute Gasteiger partial charge is 0.224 e. The van der Waals surface area contributed by atoms with Gasteiger partial charge in [0.05, 0.1) is 0 Å². The van der Waals surface area contributed by atoms with E-state index in [9.17, 15) is 4.79 Å². The molecule has 0 spiro atoms. The minimum atomic E-state index is 0.0593. The van der Waals surface area contributed by atoms with E-state index in [1.807, 2.05) is 24.3 Å². The summed E-state index contributed by atoms with van der Waals surface area (Å²) in [6.45, 7) is 6.89. The first kappa shape index (κ1) is 15.5. The molecule has 4 heteroatoms. The number of rotatable bonds is 8. The Morgan fingerprint density at radius 1 is 1.16 bits per heavy atom. The Morgan fingerprint density at radius 3 is 2.32 bits per heavy atom. The lowest BCUT2D eigenvalue weighted by Gasteiger charge is -2.21. The maximum Gasteiger partial charge on any atom is 0.224 e. The Labute approximate surface area is 116 Å². The largest absolute Gasteiger partial charge is 0.372 e. The van der Waals surface area contributed by atoms with Gasteiger partial charge in [-0.05, 0) is 57.5 Å². The van der Waals surface area contributed by atoms with Gasteiger partial charge in [-0.2, -0.15) is 0 Å². The maximum atomic E-state index is 11.7. The van der Waals surface area contributed by atoms with E-state index < -0.39 is 0 Å². The van der Waals surface area contributed by atoms with Crippen LogP contribution in [0.2, 0.25) is 0 Å². The summed E-state index contributed by atoms with van der Waals surface area (Å²) in [6, 6.07) is 7.99. The summed E-state index contributed by atoms with van der Waals surface area (Å²) in [5.74, 6) is 0.0593. The number of nitrogens with zero attached hydrogens (tertiary/aromatic N) is 1. The summed E-state index contributed by atoms with van der Waals surface area (Å²) in [5, 5.41) is 2.90. The molecule has 1 amide bonds. The number of carbonyl (C=O) groups excluding carboxylic acids is 1. The first-order valence-corrected chi connectivity index (χ1v) is 7.06. The van der Waals surface area contributed by atoms with Gasteiger partial charge in [0.1, 0.15) is 0 Å². The molecule has 0 fully saturated rings. The molecule has 0 atom stereocenters. The molecule has 0 heterocycles. The molecule has 0 radical (unpaired) electrons. The van der Waals surface area contributed by atoms with Crippen LogP contribution in [0.5, 0.6) is 0 Å². The molecule has 0 saturated carbocycles. The lowest BCUT2D eigenvalue weighted by atomic mass is 10.2. The summed E-state index contributed by atoms with van der Waals surface area (Å²) in [7, 11) is 0. The quantitative estimate of drug-likeness (QED) is 0.709. The van der Waals surface area contributed by atoms with Crippen LogP contribution in [0, 0.1) is 0 Å². The predicted molar refractivity (Wildman–Crippen MR) is 81.5 cm³/mol. The van der Waals surface area contributed by atoms with Gasteiger partial charge in [0.15, 0.2) is 0 Å². The topological polar surface area (TPSA) is 58.4 Å². The first-order chi connectivity index (χ1) is 9.21. The minimum absolute atomic E-state index is 0.0593. The van der Waals surface area contributed by atoms with Gasteiger partial charge in [-0.15, -0.1) is 0 Å². The van der Waals surface area contributed by atoms with Crippen molar-refractivity contribution in [3.8, 4) is 0 Å². The average molecular weight is 263 g/mol. The molecule has 0 aliphatic carbocycles. The fourth-order valence-electron chi connectivity index (χ4n) is 2.00. The van der Waals surface area contributed by atoms with E-state index in [0.717, 1.165) is 31.6 Å². The molecule has 106 valence electrons. The highest BCUT2D eigenvalue weighted by Gasteiger charge is 2.04. The van der Waals surface area contributed by atoms with Gasteiger partial charge in [0, 0.05) is 30.9 Å². The highest BCUT2D eigenvalue weighted by Crippen LogP contribution is 2.17. The first-order valence-electron chi connectivity index (χ1n) is 7.06. The van der Waals surface area contributed by atoms with Crippen molar-refractivity contribution in [3.63, 3.8) is 0 Å². The zero-order valence-electron chi connectivity index (χ0n) is 12.0. The average Bonchev–Trinajstić information content (AvgIpc) is 2.42. The molecule has 0 bridgehead atoms. The molecule has 0 aromatic heterocycles. The normalized spacial score (nSPS) is 10.3. The van der Waals surface area contributed by atoms with E-state index in [1.54, 1.807) is 0 Å². The Bertz CT molecular complexity index is 371. The Balaban J connectivity index is 2.50. The second kappa shape index (κ2) is 8.53. The standard InChI is InChI=1S/C15H25N3O/c1-3-18(4-2)14-10-8-13(9-11-14)17-15(19)7-5-6-12-16/h8-11H,3-7,12,16H2,1-2H3,(H,17,19). The van der Waals surface area contributed by atoms with Gasteiger partial charge in [0.2, 0.25) is 5.91 Å². The summed E-state index contributed by atoms with van der Waals surface area (Å²) < 4.78 is 0. The van der Waals surface area contributed by atoms with Crippen molar-refractivity contribution in [3.05, 3.63) is 24.3 Å². The molecular weight excluding hydrogens is 238 g/mol. The van der Waals surface area contributed by atoms with Gasteiger partial charge in [-0.25, -0.2) is 0 Å². The number of amides is 1. The molecular formula is C15H25N3O. The van der Waals surface area contributed by atoms with Crippen LogP contribution < -0.4 is 16.0 Å². The van der Waals surface area contributed by atoms with Crippen LogP contribution in [0.4, 0.5) is 11.4 Å². The SMILES string of the molecule is CCN(CC)c1ccc(NC(=O)CCCCN)cc1. The van der Waals surface area contributed by atoms with Crippen molar-refractivity contribution in [2.45, 2.75) is 33.1 Å². The number of benzene rings is 1. The molecule has 0 aliphatic rings. The number of nitrogens with one attached hydrogen (secondary N) is 1. The van der Waals surface area contributed by atoms with E-state index in [4.69, 9.17) is 5.73 Å². The van der Waals surface area contributed by atoms with Crippen LogP contribution in [-0.2, 0) is 4.79 Å². The number of unbranched alkanes of at least 4 members (excludes halogenated alkanes) is 1. The second-order valence-electron chi connectivity index (χ2n) is 4.51. The van der Waals surface area contributed by atoms with Crippen molar-refractivity contribution < 1.29 is 4.79 Å². The summed E-state index contributed by atoms with van der Waals surface area (Å²) in [4.78, 5) is 13.9. The van der Waals surface area contributed by atoms with Crippen LogP contribution in [0.1, 0.15) is 33.1 Å². The minimum Gasteiger partial charge on any atom is -0.372 e. The van der Waals surface area contributed by atoms with Gasteiger partial charge in [0.25, 0.3) is 0 Å². The molecule has 1 aromatic rings. The third kappa shape index (κ3) is 5.30. The van der Waals surface area contributed by atoms with Crippen molar-refractivity contribution >= 4 is 17.3 Å². The van der Waals surface area contributed by atoms with Gasteiger partial charge >= 0.3 is 0 Å². The van der Waals surface area contributed by atoms with E-state index in [-0.39, 0.29) is 5.91 Å². The van der Waals surface area contributed by atoms with Gasteiger partial charge < -0.3 is 16.0 Å². The molecule has 3 N–H and O–H groups in total. The van der Waals surface area contributed by atoms with Crippen LogP contribution in [0.3, 0.4) is 0 Å². The van der Waals surface area contributed by atoms with Crippen molar-refractivity contribution in [2.24, 2.45) is 5.73 Å². The van der Waals surface area contributed by atoms with E-state index >= 15 is 0 Å². The van der Waals surface area contributed by atoms with Crippen molar-refractivity contribution in [1.82, 2.24) is 0 Å². The number of anilines is 2. The molecule has 1 aromatic carbocycles. The molecule has 0 aliphatic heterocycles. The summed E-state index contributed by atoms with van der Waals surface area (Å²) in [5.41, 5.74) is 7.44. The third-order valence-corrected chi connectivity index (χ3v) is 3.14. The van der Waals surface area contributed by atoms with Crippen LogP contribution in [-0.4, -0.2) is 25.5 Å². The lowest BCUT2D eigenvalue weighted by molar-refractivity contribution is -0.116. The molecule has 1 rings (SSSR count). The van der Waals surface area contributed by atoms with Crippen LogP contribution in [0.25, 0.3) is 0 Å². The van der Waals surface area contributed by atoms with Gasteiger partial charge in [-0.3, -0.25) is 4.79 Å². The van der Waals surface area contributed by atoms with Crippen molar-refractivity contribution in [1.29, 1.82) is 0 Å². The zero-order valence-corrected chi connectivity index (χ0v) is 12.0. The van der Waals surface area contributed by atoms with E-state index in [1.165, 1.54) is 5.69 Å². The Morgan fingerprint density at radius 2 is 1.79 bits per heavy atom. The summed E-state index contributed by atoms with van der Waals surface area (Å²) in [6.07, 6.45) is 2.28. The van der Waals surface area contributed by atoms with E-state index in [0.29, 0.717) is 13.0 Å². The fraction of sp³-hybridized carbons (Fsp3) is 0.533. The van der Waals surface area contributed by atoms with Crippen molar-refractivity contribution in [2.75, 3.05) is 29.9 Å². The Kier molecular flexibility index (Phi) is 6.97. The number of hydrogen-bond donors (Lipinski definition) is 2. The summed E-state index contributed by atoms with van der Waals surface area (Å²) >= 11 is 0. The third-order valence-electron chi connectivity index (χ3n) is 3.14. The number of nitrogens with two attached hydrogens (primary N) is 1. The monoisotopic (exact) mass is 263 g/mol. The number of carbonyl (C=O) groups is 1. The van der Waals surface area contributed by atoms with Gasteiger partial charge in [-0.1, -0.05) is 0 Å². The zero-order chi connectivity index (χ0) is 14.1. The molecule has 19 heavy (non-hydrogen) atoms. The van der Waals surface area contributed by atoms with Crippen LogP contribution in [0.15, 0.2) is 24.3 Å². The highest BCUT2D eigenvalue weighted by molar-refractivity contribution is 5.90. The number of hydrogen-bond acceptors (Lipinski definition) is 3. The maximum absolute atomic E-state index is 11.7. The lowest BCUT2D eigenvalue weighted by Crippen LogP contribution is -2.21. The second-order valence-corrected chi connectivity index (χ2v) is 4.51. The Hall–Kier alpha value is -1.55. The van der Waals surface area contributed by atoms with E-state index in [2.05, 4.69) is 24.1 Å². The molecule has 0 unspecified atom stereocenters.